The van der Waals surface area contributed by atoms with Crippen LogP contribution in [0, 0.1) is 0 Å². The van der Waals surface area contributed by atoms with E-state index in [4.69, 9.17) is 68.5 Å². The molecule has 1 aliphatic heterocycles. The van der Waals surface area contributed by atoms with E-state index in [1.54, 1.807) is 113 Å². The van der Waals surface area contributed by atoms with Crippen molar-refractivity contribution in [1.82, 2.24) is 29.3 Å². The molecule has 2 N–H and O–H groups in total. The number of carboxylic acid groups (broad SMARTS) is 1. The van der Waals surface area contributed by atoms with Gasteiger partial charge in [0.1, 0.15) is 22.1 Å². The maximum atomic E-state index is 12.2. The predicted molar refractivity (Wildman–Crippen MR) is 353 cm³/mol. The predicted octanol–water partition coefficient (Wildman–Crippen LogP) is 8.59. The summed E-state index contributed by atoms with van der Waals surface area (Å²) in [5.41, 5.74) is 6.25. The number of carbonyl (C=O) groups excluding carboxylic acids is 3. The maximum Gasteiger partial charge on any atom is 1.00 e. The van der Waals surface area contributed by atoms with Crippen molar-refractivity contribution in [2.24, 2.45) is 21.1 Å². The quantitative estimate of drug-likeness (QED) is 0.0243. The third-order valence-corrected chi connectivity index (χ3v) is 13.4. The maximum absolute atomic E-state index is 12.2. The van der Waals surface area contributed by atoms with Crippen molar-refractivity contribution in [1.29, 1.82) is 0 Å². The molecule has 10 rings (SSSR count). The van der Waals surface area contributed by atoms with E-state index in [0.717, 1.165) is 25.0 Å². The van der Waals surface area contributed by atoms with Crippen LogP contribution < -0.4 is 118 Å². The van der Waals surface area contributed by atoms with Gasteiger partial charge in [-0.25, -0.2) is 9.59 Å². The van der Waals surface area contributed by atoms with Gasteiger partial charge in [-0.15, -0.1) is 0 Å². The number of benzene rings is 6. The number of esters is 2. The number of aryl methyl sites for hydroxylation is 3. The Kier molecular flexibility index (Phi) is 45.9. The third kappa shape index (κ3) is 29.2. The number of aromatic nitrogens is 6. The summed E-state index contributed by atoms with van der Waals surface area (Å²) in [6.07, 6.45) is 5.76. The van der Waals surface area contributed by atoms with Crippen LogP contribution in [0.4, 0.5) is 0 Å². The van der Waals surface area contributed by atoms with Crippen LogP contribution in [0.25, 0.3) is 33.8 Å². The summed E-state index contributed by atoms with van der Waals surface area (Å²) < 4.78 is 36.3. The molecule has 4 unspecified atom stereocenters. The molecule has 0 amide bonds. The number of ether oxygens (including phenoxy) is 6. The van der Waals surface area contributed by atoms with E-state index in [0.29, 0.717) is 71.5 Å². The van der Waals surface area contributed by atoms with Gasteiger partial charge < -0.3 is 50.2 Å². The number of phenols is 1. The summed E-state index contributed by atoms with van der Waals surface area (Å²) in [7, 11) is 9.85. The summed E-state index contributed by atoms with van der Waals surface area (Å²) in [6, 6.07) is 48.0. The molecule has 92 heavy (non-hydrogen) atoms. The Labute approximate surface area is 648 Å². The molecule has 1 saturated heterocycles. The Hall–Kier alpha value is -5.27. The second-order valence-electron chi connectivity index (χ2n) is 17.9. The molecular formula is C66H78BrCl3K2N6O14. The first-order valence-electron chi connectivity index (χ1n) is 25.8. The second-order valence-corrected chi connectivity index (χ2v) is 20.1. The van der Waals surface area contributed by atoms with Crippen LogP contribution in [0.5, 0.6) is 17.2 Å². The zero-order valence-corrected chi connectivity index (χ0v) is 59.4. The number of alkyl halides is 1. The fourth-order valence-corrected chi connectivity index (χ4v) is 8.73. The summed E-state index contributed by atoms with van der Waals surface area (Å²) in [6.45, 7) is 0.693. The van der Waals surface area contributed by atoms with Gasteiger partial charge in [0, 0.05) is 103 Å². The molecule has 4 heterocycles. The minimum Gasteiger partial charge on any atom is -1.00 e. The van der Waals surface area contributed by atoms with Crippen molar-refractivity contribution < 1.29 is 172 Å². The van der Waals surface area contributed by atoms with Crippen LogP contribution in [0.2, 0.25) is 15.1 Å². The van der Waals surface area contributed by atoms with Crippen molar-refractivity contribution >= 4 is 75.1 Å². The van der Waals surface area contributed by atoms with Gasteiger partial charge in [0.2, 0.25) is 12.2 Å². The van der Waals surface area contributed by atoms with E-state index < -0.39 is 24.1 Å². The molecule has 9 aromatic rings. The number of halogens is 4. The molecule has 0 spiro atoms. The number of carbonyl (C=O) groups is 4. The van der Waals surface area contributed by atoms with Crippen molar-refractivity contribution in [3.05, 3.63) is 214 Å². The van der Waals surface area contributed by atoms with E-state index >= 15 is 0 Å². The van der Waals surface area contributed by atoms with Crippen molar-refractivity contribution in [2.75, 3.05) is 27.9 Å². The topological polar surface area (TPSA) is 250 Å². The number of hydrogen-bond donors (Lipinski definition) is 2. The van der Waals surface area contributed by atoms with Crippen LogP contribution in [-0.2, 0) is 64.2 Å². The normalized spacial score (nSPS) is 12.1. The average Bonchev–Trinajstić information content (AvgIpc) is 1.82. The third-order valence-electron chi connectivity index (χ3n) is 11.8. The zero-order chi connectivity index (χ0) is 62.5. The molecule has 26 heteroatoms. The SMILES string of the molecule is C.C.C.C.COC(=O)C(Br)c1ccccc1.COC(=O)C(Oc1ccc(Cl)cc1-c1ccn(C)n1)c1ccccc1.COC1CCCO1.Cn1ccc(-c2cc(Cl)ccc2O)n1.Cn1ccc(-c2cc(Cl)ccc2OC(C(=O)O)c2ccccc2)n1.O=CO[O-].[H-].[K+].[K+]. The minimum absolute atomic E-state index is 0. The summed E-state index contributed by atoms with van der Waals surface area (Å²) >= 11 is 21.3. The number of methoxy groups -OCH3 is 3. The fourth-order valence-electron chi connectivity index (χ4n) is 7.73. The average molecular weight is 1440 g/mol. The van der Waals surface area contributed by atoms with Gasteiger partial charge >= 0.3 is 121 Å². The number of nitrogens with zero attached hydrogens (tertiary/aromatic N) is 6. The van der Waals surface area contributed by atoms with Crippen molar-refractivity contribution in [3.8, 4) is 51.0 Å². The molecule has 6 aromatic carbocycles. The molecule has 0 bridgehead atoms. The van der Waals surface area contributed by atoms with E-state index in [1.807, 2.05) is 111 Å². The van der Waals surface area contributed by atoms with E-state index in [1.165, 1.54) is 14.2 Å². The number of aromatic hydroxyl groups is 1. The van der Waals surface area contributed by atoms with E-state index in [2.05, 4.69) is 40.9 Å². The number of carboxylic acids is 1. The summed E-state index contributed by atoms with van der Waals surface area (Å²) in [5, 5.41) is 42.1. The summed E-state index contributed by atoms with van der Waals surface area (Å²) in [5.74, 6) is -0.720. The molecule has 0 radical (unpaired) electrons. The standard InChI is InChI=1S/C19H17ClN2O3.C18H15ClN2O3.C10H9ClN2O.C9H9BrO2.C5H10O2.CH2O3.4CH4.2K.H/c1-22-11-10-16(21-22)15-12-14(20)8-9-17(15)25-18(19(23)24-2)13-6-4-3-5-7-13;1-21-10-9-15(20-21)14-11-13(19)7-8-16(14)24-17(18(22)23)12-5-3-2-4-6-12;1-13-5-4-9(12-13)8-6-7(11)2-3-10(8)14;1-12-9(11)8(10)7-5-3-2-4-6-7;1-6-5-3-2-4-7-5;2-1-4-3;;;;;;;/h3-12,18H,1-2H3;2-11,17H,1H3,(H,22,23);2-6,14H,1H3;2-6,8H,1H3;5H,2-4H2,1H3;1,3H;4*1H4;;;/q;;;;;;;;;;2*+1;-1/p-1. The summed E-state index contributed by atoms with van der Waals surface area (Å²) in [4.78, 5) is 45.8. The Balaban J connectivity index is -0.00000110. The van der Waals surface area contributed by atoms with Gasteiger partial charge in [-0.3, -0.25) is 23.6 Å². The number of phenolic OH excluding ortho intramolecular Hbond substituents is 1. The molecule has 0 saturated carbocycles. The number of aliphatic carboxylic acids is 1. The zero-order valence-electron chi connectivity index (χ0n) is 50.3. The van der Waals surface area contributed by atoms with Gasteiger partial charge in [-0.2, -0.15) is 15.3 Å². The molecule has 20 nitrogen and oxygen atoms in total. The fraction of sp³-hybridized carbons (Fsp3) is 0.258. The van der Waals surface area contributed by atoms with Crippen LogP contribution in [0.3, 0.4) is 0 Å². The van der Waals surface area contributed by atoms with Gasteiger partial charge in [0.15, 0.2) is 6.29 Å². The number of hydrogen-bond acceptors (Lipinski definition) is 16. The molecule has 1 fully saturated rings. The molecule has 0 aliphatic carbocycles. The minimum atomic E-state index is -1.12. The first-order valence-corrected chi connectivity index (χ1v) is 27.9. The first-order chi connectivity index (χ1) is 41.4. The van der Waals surface area contributed by atoms with Crippen LogP contribution in [-0.4, -0.2) is 98.2 Å². The molecule has 1 aliphatic rings. The van der Waals surface area contributed by atoms with Crippen LogP contribution in [0.1, 0.15) is 77.7 Å². The van der Waals surface area contributed by atoms with E-state index in [-0.39, 0.29) is 163 Å². The first kappa shape index (κ1) is 88.8. The second kappa shape index (κ2) is 47.6. The van der Waals surface area contributed by atoms with Crippen molar-refractivity contribution in [2.45, 2.75) is 65.9 Å². The Bertz CT molecular complexity index is 3560. The van der Waals surface area contributed by atoms with E-state index in [9.17, 15) is 24.6 Å². The number of rotatable bonds is 15. The Morgan fingerprint density at radius 3 is 1.30 bits per heavy atom. The molecule has 4 atom stereocenters. The van der Waals surface area contributed by atoms with Crippen LogP contribution in [0.15, 0.2) is 182 Å². The smallest absolute Gasteiger partial charge is 1.00 e. The molecular weight excluding hydrogens is 1370 g/mol. The monoisotopic (exact) mass is 1440 g/mol. The van der Waals surface area contributed by atoms with Gasteiger partial charge in [0.25, 0.3) is 6.47 Å². The Morgan fingerprint density at radius 2 is 0.967 bits per heavy atom. The van der Waals surface area contributed by atoms with Crippen molar-refractivity contribution in [3.63, 3.8) is 0 Å². The van der Waals surface area contributed by atoms with Gasteiger partial charge in [-0.05, 0) is 84.8 Å². The van der Waals surface area contributed by atoms with Crippen LogP contribution >= 0.6 is 50.7 Å². The van der Waals surface area contributed by atoms with Gasteiger partial charge in [-0.1, -0.05) is 171 Å². The molecule has 486 valence electrons. The largest absolute Gasteiger partial charge is 1.00 e. The Morgan fingerprint density at radius 1 is 0.598 bits per heavy atom. The molecule has 3 aromatic heterocycles. The van der Waals surface area contributed by atoms with Gasteiger partial charge in [0.05, 0.1) is 31.3 Å².